The molecule has 4 amide bonds. The molecule has 1 aliphatic carbocycles. The van der Waals surface area contributed by atoms with E-state index in [4.69, 9.17) is 45.9 Å². The lowest BCUT2D eigenvalue weighted by Gasteiger charge is -2.13. The van der Waals surface area contributed by atoms with Gasteiger partial charge in [-0.05, 0) is 258 Å². The van der Waals surface area contributed by atoms with Gasteiger partial charge in [-0.25, -0.2) is 8.78 Å². The first-order valence-corrected chi connectivity index (χ1v) is 44.6. The summed E-state index contributed by atoms with van der Waals surface area (Å²) >= 11 is 0. The first-order chi connectivity index (χ1) is 62.9. The molecule has 23 heteroatoms. The summed E-state index contributed by atoms with van der Waals surface area (Å²) in [6.07, 6.45) is 8.60. The number of aryl methyl sites for hydroxylation is 4. The molecule has 0 bridgehead atoms. The minimum Gasteiger partial charge on any atom is -0.508 e. The fourth-order valence-electron chi connectivity index (χ4n) is 16.2. The number of benzene rings is 11. The maximum absolute atomic E-state index is 13.4. The molecule has 16 rings (SSSR count). The number of nitrogens with two attached hydrogens (primary N) is 8. The Hall–Kier alpha value is -13.6. The third-order valence-corrected chi connectivity index (χ3v) is 23.0. The van der Waals surface area contributed by atoms with E-state index in [1.807, 2.05) is 97.1 Å². The zero-order valence-corrected chi connectivity index (χ0v) is 74.2. The van der Waals surface area contributed by atoms with E-state index in [0.29, 0.717) is 97.7 Å². The number of hydrogen-bond acceptors (Lipinski definition) is 13. The van der Waals surface area contributed by atoms with Gasteiger partial charge in [-0.1, -0.05) is 198 Å². The normalized spacial score (nSPS) is 12.6. The minimum atomic E-state index is -0.300. The van der Waals surface area contributed by atoms with Crippen LogP contribution >= 0.6 is 0 Å². The molecule has 0 aliphatic heterocycles. The van der Waals surface area contributed by atoms with Crippen LogP contribution in [0.3, 0.4) is 0 Å². The van der Waals surface area contributed by atoms with E-state index in [0.717, 1.165) is 180 Å². The number of aromatic hydroxyl groups is 1. The van der Waals surface area contributed by atoms with E-state index in [1.165, 1.54) is 41.0 Å². The van der Waals surface area contributed by atoms with E-state index in [2.05, 4.69) is 160 Å². The summed E-state index contributed by atoms with van der Waals surface area (Å²) in [5.74, 6) is 5.64. The number of phenols is 1. The number of carbonyl (C=O) groups excluding carboxylic acids is 4. The average Bonchev–Trinajstić information content (AvgIpc) is 1.62. The SMILES string of the molecule is Cc1cc(C)cc(-c2ccc3[nH]c(C(=O)NC[C@@H](N)CCCN)c(-c4cc(C)cc(C)c4)c3c2)c1.NCCC[C@H](N)CNC(=O)c1[nH]c2cc(-c3ccc(F)cc3)ccc2c1C#CC1CC1.NCCC[C@H](N)CNC(=O)c1[nH]c2ccc(-c3ccc(F)cc3)cc2c1-c1cccc(O)c1.NCCC[C@H](N)CNC(=O)c1[nH]c2ccc(-c3ccccc3)cc2c1-c1ccccc1. The summed E-state index contributed by atoms with van der Waals surface area (Å²) in [5.41, 5.74) is 70.9. The molecule has 25 N–H and O–H groups in total. The summed E-state index contributed by atoms with van der Waals surface area (Å²) in [6, 6.07) is 76.4. The van der Waals surface area contributed by atoms with Crippen molar-refractivity contribution in [3.63, 3.8) is 0 Å². The second-order valence-corrected chi connectivity index (χ2v) is 33.7. The van der Waals surface area contributed by atoms with E-state index < -0.39 is 0 Å². The van der Waals surface area contributed by atoms with Crippen LogP contribution in [0.5, 0.6) is 5.75 Å². The summed E-state index contributed by atoms with van der Waals surface area (Å²) in [6.45, 7) is 12.3. The first-order valence-electron chi connectivity index (χ1n) is 44.6. The highest BCUT2D eigenvalue weighted by Gasteiger charge is 2.27. The van der Waals surface area contributed by atoms with Crippen LogP contribution in [0.1, 0.15) is 134 Å². The van der Waals surface area contributed by atoms with Crippen LogP contribution in [0.2, 0.25) is 0 Å². The maximum atomic E-state index is 13.4. The van der Waals surface area contributed by atoms with Crippen molar-refractivity contribution < 1.29 is 33.1 Å². The van der Waals surface area contributed by atoms with Crippen LogP contribution in [-0.2, 0) is 0 Å². The molecule has 1 aliphatic rings. The number of amides is 4. The van der Waals surface area contributed by atoms with Gasteiger partial charge in [-0.3, -0.25) is 19.2 Å². The van der Waals surface area contributed by atoms with Crippen LogP contribution in [-0.4, -0.2) is 125 Å². The van der Waals surface area contributed by atoms with Crippen LogP contribution in [0, 0.1) is 57.1 Å². The maximum Gasteiger partial charge on any atom is 0.269 e. The standard InChI is InChI=1S/C30H36N4O.C26H27FN4O2.C26H28N4O.C25H27FN4O/c1-18-10-19(2)13-23(12-18)22-7-8-27-26(16-22)28(24-14-20(3)11-21(4)15-24)29(34-27)30(35)33-17-25(32)6-5-9-31;27-19-9-6-16(7-10-19)17-8-11-23-22(14-17)24(18-3-1-5-21(32)13-18)25(31-23)26(33)30-15-20(29)4-2-12-28;27-15-7-12-21(28)17-29-26(31)25-24(19-10-5-2-6-11-19)22-16-20(13-14-23(22)30-25)18-8-3-1-4-9-18;26-19-9-6-17(7-10-19)18-8-12-21-22(11-5-16-3-4-16)24(30-23(21)14-18)25(31)29-15-20(28)2-1-13-27/h7-8,10-16,25,34H,5-6,9,17,31-32H2,1-4H3,(H,33,35);1,3,5-11,13-14,20,31-32H,2,4,12,15,28-29H2,(H,30,33);1-6,8-11,13-14,16,21,30H,7,12,15,17,27-28H2,(H,29,31);6-10,12,14,16,20,30H,1-4,13,15,27-28H2,(H,29,31)/t25-;20-;21-;20-/m0000/s1. The summed E-state index contributed by atoms with van der Waals surface area (Å²) < 4.78 is 26.7. The molecular weight excluding hydrogens is 1630 g/mol. The zero-order valence-electron chi connectivity index (χ0n) is 74.2. The molecular formula is C107H118F2N16O5. The van der Waals surface area contributed by atoms with Gasteiger partial charge in [-0.2, -0.15) is 0 Å². The fourth-order valence-corrected chi connectivity index (χ4v) is 16.2. The van der Waals surface area contributed by atoms with Gasteiger partial charge in [0.15, 0.2) is 0 Å². The average molecular weight is 1750 g/mol. The quantitative estimate of drug-likeness (QED) is 0.0180. The summed E-state index contributed by atoms with van der Waals surface area (Å²) in [5, 5.41) is 25.7. The Morgan fingerprint density at radius 3 is 1.08 bits per heavy atom. The number of H-pyrrole nitrogens is 4. The fraction of sp³-hybridized carbons (Fsp3) is 0.252. The van der Waals surface area contributed by atoms with E-state index >= 15 is 0 Å². The monoisotopic (exact) mass is 1740 g/mol. The molecule has 21 nitrogen and oxygen atoms in total. The van der Waals surface area contributed by atoms with Crippen molar-refractivity contribution in [1.82, 2.24) is 41.2 Å². The van der Waals surface area contributed by atoms with Gasteiger partial charge in [-0.15, -0.1) is 0 Å². The van der Waals surface area contributed by atoms with Crippen molar-refractivity contribution in [1.29, 1.82) is 0 Å². The Kier molecular flexibility index (Phi) is 32.4. The third kappa shape index (κ3) is 24.6. The van der Waals surface area contributed by atoms with Crippen molar-refractivity contribution in [2.24, 2.45) is 51.8 Å². The Morgan fingerprint density at radius 2 is 0.677 bits per heavy atom. The van der Waals surface area contributed by atoms with Crippen LogP contribution in [0.15, 0.2) is 243 Å². The molecule has 0 radical (unpaired) electrons. The van der Waals surface area contributed by atoms with E-state index in [-0.39, 0.29) is 65.2 Å². The number of carbonyl (C=O) groups is 4. The Balaban J connectivity index is 0.000000148. The number of phenolic OH excluding ortho intramolecular Hbond substituents is 1. The molecule has 0 unspecified atom stereocenters. The molecule has 130 heavy (non-hydrogen) atoms. The predicted octanol–water partition coefficient (Wildman–Crippen LogP) is 17.5. The van der Waals surface area contributed by atoms with Crippen molar-refractivity contribution in [3.8, 4) is 95.5 Å². The highest BCUT2D eigenvalue weighted by Crippen LogP contribution is 2.41. The topological polar surface area (TPSA) is 408 Å². The van der Waals surface area contributed by atoms with Gasteiger partial charge in [0.2, 0.25) is 0 Å². The number of nitrogens with one attached hydrogen (secondary N) is 8. The number of aromatic nitrogens is 4. The Labute approximate surface area is 757 Å². The smallest absolute Gasteiger partial charge is 0.269 e. The Morgan fingerprint density at radius 1 is 0.346 bits per heavy atom. The second-order valence-electron chi connectivity index (χ2n) is 33.7. The van der Waals surface area contributed by atoms with Gasteiger partial charge >= 0.3 is 0 Å². The predicted molar refractivity (Wildman–Crippen MR) is 526 cm³/mol. The second kappa shape index (κ2) is 44.9. The summed E-state index contributed by atoms with van der Waals surface area (Å²) in [4.78, 5) is 65.8. The first kappa shape index (κ1) is 94.0. The van der Waals surface area contributed by atoms with Gasteiger partial charge in [0.25, 0.3) is 23.6 Å². The van der Waals surface area contributed by atoms with Crippen molar-refractivity contribution in [2.45, 2.75) is 116 Å². The molecule has 4 aromatic heterocycles. The number of halogens is 2. The molecule has 1 fully saturated rings. The largest absolute Gasteiger partial charge is 0.508 e. The number of aromatic amines is 4. The highest BCUT2D eigenvalue weighted by atomic mass is 19.1. The van der Waals surface area contributed by atoms with Gasteiger partial charge in [0, 0.05) is 117 Å². The molecule has 4 heterocycles. The van der Waals surface area contributed by atoms with Crippen molar-refractivity contribution >= 4 is 67.2 Å². The molecule has 4 atom stereocenters. The number of hydrogen-bond donors (Lipinski definition) is 17. The van der Waals surface area contributed by atoms with Crippen LogP contribution in [0.4, 0.5) is 8.78 Å². The molecule has 1 saturated carbocycles. The van der Waals surface area contributed by atoms with E-state index in [9.17, 15) is 33.1 Å². The molecule has 11 aromatic carbocycles. The third-order valence-electron chi connectivity index (χ3n) is 23.0. The van der Waals surface area contributed by atoms with Crippen molar-refractivity contribution in [2.75, 3.05) is 52.4 Å². The number of fused-ring (bicyclic) bond motifs is 4. The lowest BCUT2D eigenvalue weighted by Crippen LogP contribution is -2.37. The van der Waals surface area contributed by atoms with Crippen LogP contribution < -0.4 is 67.1 Å². The highest BCUT2D eigenvalue weighted by molar-refractivity contribution is 6.13. The lowest BCUT2D eigenvalue weighted by molar-refractivity contribution is 0.0938. The molecule has 0 spiro atoms. The lowest BCUT2D eigenvalue weighted by atomic mass is 9.95. The molecule has 15 aromatic rings. The zero-order chi connectivity index (χ0) is 91.9. The molecule has 0 saturated heterocycles. The van der Waals surface area contributed by atoms with Gasteiger partial charge in [0.05, 0.1) is 5.56 Å². The van der Waals surface area contributed by atoms with E-state index in [1.54, 1.807) is 42.5 Å². The van der Waals surface area contributed by atoms with Gasteiger partial charge in [0.1, 0.15) is 40.2 Å². The van der Waals surface area contributed by atoms with Crippen LogP contribution in [0.25, 0.3) is 122 Å². The number of rotatable bonds is 31. The van der Waals surface area contributed by atoms with Gasteiger partial charge < -0.3 is 92.2 Å². The summed E-state index contributed by atoms with van der Waals surface area (Å²) in [7, 11) is 0. The minimum absolute atomic E-state index is 0.103. The van der Waals surface area contributed by atoms with Crippen molar-refractivity contribution in [3.05, 3.63) is 305 Å². The molecule has 670 valence electrons. The Bertz CT molecular complexity index is 6450.